The van der Waals surface area contributed by atoms with E-state index < -0.39 is 0 Å². The van der Waals surface area contributed by atoms with Gasteiger partial charge >= 0.3 is 0 Å². The Balaban J connectivity index is 1.76. The lowest BCUT2D eigenvalue weighted by atomic mass is 9.84. The quantitative estimate of drug-likeness (QED) is 0.190. The summed E-state index contributed by atoms with van der Waals surface area (Å²) in [5.41, 5.74) is 5.15. The SMILES string of the molecule is Cc1c2c(cc3ccccc13)Oc1cc3cc(C(C)(C)C)ccc3c3cc[n+](C)c-2c13. The molecule has 0 saturated carbocycles. The van der Waals surface area contributed by atoms with Crippen LogP contribution >= 0.6 is 0 Å². The van der Waals surface area contributed by atoms with Crippen LogP contribution in [0.5, 0.6) is 11.5 Å². The van der Waals surface area contributed by atoms with Gasteiger partial charge in [-0.2, -0.15) is 0 Å². The second kappa shape index (κ2) is 6.07. The largest absolute Gasteiger partial charge is 0.456 e. The number of nitrogens with zero attached hydrogens (tertiary/aromatic N) is 1. The van der Waals surface area contributed by atoms with Gasteiger partial charge in [-0.3, -0.25) is 0 Å². The number of benzene rings is 4. The molecule has 0 saturated heterocycles. The molecule has 0 fully saturated rings. The van der Waals surface area contributed by atoms with Crippen LogP contribution in [-0.4, -0.2) is 0 Å². The highest BCUT2D eigenvalue weighted by Crippen LogP contribution is 2.50. The monoisotopic (exact) mass is 404 g/mol. The van der Waals surface area contributed by atoms with Crippen molar-refractivity contribution in [1.29, 1.82) is 0 Å². The van der Waals surface area contributed by atoms with Crippen LogP contribution in [0.1, 0.15) is 31.9 Å². The average molecular weight is 405 g/mol. The second-order valence-corrected chi connectivity index (χ2v) is 9.82. The fourth-order valence-electron chi connectivity index (χ4n) is 5.10. The van der Waals surface area contributed by atoms with Crippen LogP contribution in [0.2, 0.25) is 0 Å². The van der Waals surface area contributed by atoms with Crippen LogP contribution in [0.25, 0.3) is 43.6 Å². The van der Waals surface area contributed by atoms with Crippen LogP contribution in [0, 0.1) is 6.92 Å². The van der Waals surface area contributed by atoms with Crippen molar-refractivity contribution < 1.29 is 9.30 Å². The third-order valence-electron chi connectivity index (χ3n) is 6.79. The van der Waals surface area contributed by atoms with Gasteiger partial charge in [0.15, 0.2) is 6.20 Å². The minimum absolute atomic E-state index is 0.109. The molecule has 0 unspecified atom stereocenters. The zero-order valence-corrected chi connectivity index (χ0v) is 18.7. The summed E-state index contributed by atoms with van der Waals surface area (Å²) < 4.78 is 8.85. The number of rotatable bonds is 0. The van der Waals surface area contributed by atoms with Crippen molar-refractivity contribution in [3.8, 4) is 22.8 Å². The van der Waals surface area contributed by atoms with Gasteiger partial charge < -0.3 is 4.74 Å². The van der Waals surface area contributed by atoms with Gasteiger partial charge in [-0.25, -0.2) is 4.57 Å². The third kappa shape index (κ3) is 2.54. The Labute approximate surface area is 182 Å². The van der Waals surface area contributed by atoms with Crippen LogP contribution in [0.3, 0.4) is 0 Å². The van der Waals surface area contributed by atoms with E-state index in [1.807, 2.05) is 0 Å². The van der Waals surface area contributed by atoms with E-state index in [0.29, 0.717) is 0 Å². The molecule has 2 nitrogen and oxygen atoms in total. The first-order chi connectivity index (χ1) is 14.8. The van der Waals surface area contributed by atoms with Gasteiger partial charge in [0, 0.05) is 11.5 Å². The van der Waals surface area contributed by atoms with E-state index in [-0.39, 0.29) is 5.41 Å². The van der Waals surface area contributed by atoms with E-state index >= 15 is 0 Å². The van der Waals surface area contributed by atoms with Crippen molar-refractivity contribution in [2.75, 3.05) is 0 Å². The first kappa shape index (κ1) is 18.4. The van der Waals surface area contributed by atoms with Gasteiger partial charge in [-0.1, -0.05) is 63.2 Å². The molecule has 5 aromatic rings. The standard InChI is InChI=1S/C29H26NO/c1-17-21-9-7-6-8-18(21)15-24-26(17)28-27-23(12-13-30(28)5)22-11-10-20(29(2,3)4)14-19(22)16-25(27)31-24/h6-16H,1-5H3/q+1. The molecule has 0 N–H and O–H groups in total. The van der Waals surface area contributed by atoms with Crippen LogP contribution in [-0.2, 0) is 12.5 Å². The Morgan fingerprint density at radius 3 is 2.35 bits per heavy atom. The van der Waals surface area contributed by atoms with Crippen molar-refractivity contribution in [3.05, 3.63) is 78.0 Å². The fourth-order valence-corrected chi connectivity index (χ4v) is 5.10. The Morgan fingerprint density at radius 2 is 1.55 bits per heavy atom. The number of ether oxygens (including phenoxy) is 1. The summed E-state index contributed by atoms with van der Waals surface area (Å²) in [7, 11) is 2.13. The average Bonchev–Trinajstić information content (AvgIpc) is 2.74. The summed E-state index contributed by atoms with van der Waals surface area (Å²) in [4.78, 5) is 0. The number of aryl methyl sites for hydroxylation is 2. The van der Waals surface area contributed by atoms with Crippen molar-refractivity contribution >= 4 is 32.3 Å². The molecule has 0 aliphatic carbocycles. The third-order valence-corrected chi connectivity index (χ3v) is 6.79. The molecule has 2 heterocycles. The van der Waals surface area contributed by atoms with Crippen molar-refractivity contribution in [1.82, 2.24) is 0 Å². The molecule has 0 bridgehead atoms. The van der Waals surface area contributed by atoms with Gasteiger partial charge in [-0.15, -0.1) is 0 Å². The first-order valence-corrected chi connectivity index (χ1v) is 10.9. The van der Waals surface area contributed by atoms with E-state index in [2.05, 4.69) is 106 Å². The van der Waals surface area contributed by atoms with Crippen LogP contribution in [0.4, 0.5) is 0 Å². The summed E-state index contributed by atoms with van der Waals surface area (Å²) >= 11 is 0. The normalized spacial score (nSPS) is 12.9. The number of hydrogen-bond donors (Lipinski definition) is 0. The maximum Gasteiger partial charge on any atom is 0.228 e. The zero-order valence-electron chi connectivity index (χ0n) is 18.7. The number of hydrogen-bond acceptors (Lipinski definition) is 1. The smallest absolute Gasteiger partial charge is 0.228 e. The summed E-state index contributed by atoms with van der Waals surface area (Å²) in [5.74, 6) is 1.89. The second-order valence-electron chi connectivity index (χ2n) is 9.82. The molecular formula is C29H26NO+. The number of fused-ring (bicyclic) bond motifs is 5. The molecule has 2 heteroatoms. The highest BCUT2D eigenvalue weighted by molar-refractivity contribution is 6.16. The maximum absolute atomic E-state index is 6.61. The van der Waals surface area contributed by atoms with Gasteiger partial charge in [0.2, 0.25) is 5.69 Å². The lowest BCUT2D eigenvalue weighted by Crippen LogP contribution is -2.31. The molecular weight excluding hydrogens is 378 g/mol. The molecule has 0 radical (unpaired) electrons. The molecule has 1 aliphatic heterocycles. The Morgan fingerprint density at radius 1 is 0.774 bits per heavy atom. The summed E-state index contributed by atoms with van der Waals surface area (Å²) in [5, 5.41) is 7.45. The fraction of sp³-hybridized carbons (Fsp3) is 0.207. The van der Waals surface area contributed by atoms with Crippen LogP contribution in [0.15, 0.2) is 66.9 Å². The molecule has 0 amide bonds. The molecule has 0 spiro atoms. The predicted molar refractivity (Wildman–Crippen MR) is 129 cm³/mol. The van der Waals surface area contributed by atoms with E-state index in [1.165, 1.54) is 54.7 Å². The first-order valence-electron chi connectivity index (χ1n) is 10.9. The highest BCUT2D eigenvalue weighted by atomic mass is 16.5. The summed E-state index contributed by atoms with van der Waals surface area (Å²) in [6.45, 7) is 9.00. The Hall–Kier alpha value is -3.39. The predicted octanol–water partition coefficient (Wildman–Crippen LogP) is 7.35. The van der Waals surface area contributed by atoms with E-state index in [4.69, 9.17) is 4.74 Å². The van der Waals surface area contributed by atoms with Gasteiger partial charge in [0.1, 0.15) is 18.5 Å². The van der Waals surface area contributed by atoms with Gasteiger partial charge in [0.05, 0.1) is 10.9 Å². The Bertz CT molecular complexity index is 1550. The van der Waals surface area contributed by atoms with E-state index in [9.17, 15) is 0 Å². The molecule has 6 rings (SSSR count). The molecule has 1 aliphatic rings. The molecule has 1 aromatic heterocycles. The van der Waals surface area contributed by atoms with Crippen molar-refractivity contribution in [2.45, 2.75) is 33.1 Å². The molecule has 152 valence electrons. The summed E-state index contributed by atoms with van der Waals surface area (Å²) in [6, 6.07) is 22.1. The topological polar surface area (TPSA) is 13.1 Å². The molecule has 31 heavy (non-hydrogen) atoms. The zero-order chi connectivity index (χ0) is 21.5. The minimum atomic E-state index is 0.109. The maximum atomic E-state index is 6.61. The van der Waals surface area contributed by atoms with Crippen LogP contribution < -0.4 is 9.30 Å². The van der Waals surface area contributed by atoms with Crippen molar-refractivity contribution in [2.24, 2.45) is 7.05 Å². The minimum Gasteiger partial charge on any atom is -0.456 e. The van der Waals surface area contributed by atoms with E-state index in [1.54, 1.807) is 0 Å². The lowest BCUT2D eigenvalue weighted by molar-refractivity contribution is -0.659. The molecule has 4 aromatic carbocycles. The lowest BCUT2D eigenvalue weighted by Gasteiger charge is -2.24. The Kier molecular flexibility index (Phi) is 3.60. The summed E-state index contributed by atoms with van der Waals surface area (Å²) in [6.07, 6.45) is 2.18. The van der Waals surface area contributed by atoms with Crippen molar-refractivity contribution in [3.63, 3.8) is 0 Å². The van der Waals surface area contributed by atoms with Gasteiger partial charge in [0.25, 0.3) is 0 Å². The van der Waals surface area contributed by atoms with Gasteiger partial charge in [-0.05, 0) is 57.1 Å². The number of aromatic nitrogens is 1. The van der Waals surface area contributed by atoms with E-state index in [0.717, 1.165) is 11.5 Å². The number of pyridine rings is 1. The highest BCUT2D eigenvalue weighted by Gasteiger charge is 2.31. The molecule has 0 atom stereocenters.